The summed E-state index contributed by atoms with van der Waals surface area (Å²) in [6.45, 7) is 8.16. The molecule has 3 rings (SSSR count). The number of hydrogen-bond donors (Lipinski definition) is 1. The van der Waals surface area contributed by atoms with Gasteiger partial charge in [0.1, 0.15) is 18.3 Å². The quantitative estimate of drug-likeness (QED) is 0.475. The van der Waals surface area contributed by atoms with Crippen LogP contribution in [-0.4, -0.2) is 32.2 Å². The highest BCUT2D eigenvalue weighted by Gasteiger charge is 2.34. The van der Waals surface area contributed by atoms with E-state index in [0.717, 1.165) is 12.8 Å². The lowest BCUT2D eigenvalue weighted by Gasteiger charge is -2.37. The second-order valence-electron chi connectivity index (χ2n) is 8.03. The molecule has 1 saturated carbocycles. The smallest absolute Gasteiger partial charge is 0.313 e. The van der Waals surface area contributed by atoms with Crippen molar-refractivity contribution in [2.45, 2.75) is 53.1 Å². The van der Waals surface area contributed by atoms with Gasteiger partial charge < -0.3 is 4.74 Å². The van der Waals surface area contributed by atoms with Crippen molar-refractivity contribution in [3.63, 3.8) is 0 Å². The maximum Gasteiger partial charge on any atom is 0.313 e. The van der Waals surface area contributed by atoms with Crippen molar-refractivity contribution in [1.29, 1.82) is 0 Å². The van der Waals surface area contributed by atoms with E-state index in [0.29, 0.717) is 40.5 Å². The fourth-order valence-corrected chi connectivity index (χ4v) is 4.21. The summed E-state index contributed by atoms with van der Waals surface area (Å²) in [6.07, 6.45) is 2.03. The van der Waals surface area contributed by atoms with Gasteiger partial charge in [-0.25, -0.2) is 4.98 Å². The third kappa shape index (κ3) is 4.37. The van der Waals surface area contributed by atoms with Gasteiger partial charge in [-0.2, -0.15) is 5.10 Å². The highest BCUT2D eigenvalue weighted by atomic mass is 16.6. The second-order valence-corrected chi connectivity index (χ2v) is 8.03. The number of ether oxygens (including phenoxy) is 1. The molecule has 1 fully saturated rings. The molecule has 2 aromatic rings. The van der Waals surface area contributed by atoms with Crippen LogP contribution in [0, 0.1) is 34.8 Å². The fourth-order valence-electron chi connectivity index (χ4n) is 4.21. The van der Waals surface area contributed by atoms with Crippen molar-refractivity contribution >= 4 is 11.7 Å². The third-order valence-electron chi connectivity index (χ3n) is 5.45. The number of carbonyl (C=O) groups excluding carboxylic acids is 1. The third-order valence-corrected chi connectivity index (χ3v) is 5.45. The van der Waals surface area contributed by atoms with Gasteiger partial charge in [0.05, 0.1) is 4.92 Å². The minimum absolute atomic E-state index is 0.00749. The van der Waals surface area contributed by atoms with Crippen LogP contribution in [0.15, 0.2) is 18.2 Å². The number of H-pyrrole nitrogens is 1. The van der Waals surface area contributed by atoms with Crippen LogP contribution in [0.5, 0.6) is 0 Å². The summed E-state index contributed by atoms with van der Waals surface area (Å²) in [5.41, 5.74) is 1.10. The molecule has 1 aromatic carbocycles. The SMILES string of the molecule is Cc1ccc(-c2n[nH]c(CC(=O)OC3C(C)CC(C)CC3C)n2)cc1[N+](=O)[O-]. The van der Waals surface area contributed by atoms with Crippen LogP contribution in [0.2, 0.25) is 0 Å². The van der Waals surface area contributed by atoms with E-state index in [1.807, 2.05) is 0 Å². The average molecular weight is 386 g/mol. The molecule has 1 aromatic heterocycles. The van der Waals surface area contributed by atoms with Crippen LogP contribution < -0.4 is 0 Å². The van der Waals surface area contributed by atoms with E-state index >= 15 is 0 Å². The lowest BCUT2D eigenvalue weighted by atomic mass is 9.75. The number of aryl methyl sites for hydroxylation is 1. The highest BCUT2D eigenvalue weighted by Crippen LogP contribution is 2.35. The number of nitro groups is 1. The maximum absolute atomic E-state index is 12.4. The van der Waals surface area contributed by atoms with Crippen molar-refractivity contribution in [2.24, 2.45) is 17.8 Å². The molecule has 2 unspecified atom stereocenters. The van der Waals surface area contributed by atoms with Gasteiger partial charge in [0.15, 0.2) is 5.82 Å². The van der Waals surface area contributed by atoms with Crippen molar-refractivity contribution in [1.82, 2.24) is 15.2 Å². The first kappa shape index (κ1) is 20.0. The number of hydrogen-bond acceptors (Lipinski definition) is 6. The van der Waals surface area contributed by atoms with E-state index in [1.54, 1.807) is 19.1 Å². The highest BCUT2D eigenvalue weighted by molar-refractivity contribution is 5.72. The number of aromatic amines is 1. The number of aromatic nitrogens is 3. The average Bonchev–Trinajstić information content (AvgIpc) is 3.06. The number of nitrogens with one attached hydrogen (secondary N) is 1. The van der Waals surface area contributed by atoms with Gasteiger partial charge >= 0.3 is 5.97 Å². The molecule has 8 heteroatoms. The van der Waals surface area contributed by atoms with Crippen LogP contribution in [0.25, 0.3) is 11.4 Å². The Bertz CT molecular complexity index is 867. The lowest BCUT2D eigenvalue weighted by molar-refractivity contribution is -0.385. The maximum atomic E-state index is 12.4. The first-order chi connectivity index (χ1) is 13.2. The molecule has 0 amide bonds. The predicted molar refractivity (Wildman–Crippen MR) is 104 cm³/mol. The zero-order valence-electron chi connectivity index (χ0n) is 16.6. The minimum Gasteiger partial charge on any atom is -0.461 e. The van der Waals surface area contributed by atoms with Gasteiger partial charge in [-0.15, -0.1) is 0 Å². The molecule has 0 spiro atoms. The number of esters is 1. The van der Waals surface area contributed by atoms with Crippen LogP contribution in [0.4, 0.5) is 5.69 Å². The molecule has 8 nitrogen and oxygen atoms in total. The van der Waals surface area contributed by atoms with Crippen LogP contribution in [0.1, 0.15) is 45.0 Å². The monoisotopic (exact) mass is 386 g/mol. The number of rotatable bonds is 5. The summed E-state index contributed by atoms with van der Waals surface area (Å²) < 4.78 is 5.73. The van der Waals surface area contributed by atoms with Crippen LogP contribution in [0.3, 0.4) is 0 Å². The van der Waals surface area contributed by atoms with Gasteiger partial charge in [0.25, 0.3) is 5.69 Å². The molecule has 0 aliphatic heterocycles. The molecular weight excluding hydrogens is 360 g/mol. The normalized spacial score (nSPS) is 24.7. The first-order valence-corrected chi connectivity index (χ1v) is 9.60. The lowest BCUT2D eigenvalue weighted by Crippen LogP contribution is -2.37. The zero-order chi connectivity index (χ0) is 20.4. The molecule has 2 atom stereocenters. The zero-order valence-corrected chi connectivity index (χ0v) is 16.6. The van der Waals surface area contributed by atoms with E-state index in [9.17, 15) is 14.9 Å². The minimum atomic E-state index is -0.433. The van der Waals surface area contributed by atoms with E-state index < -0.39 is 4.92 Å². The number of nitro benzene ring substituents is 1. The van der Waals surface area contributed by atoms with Gasteiger partial charge in [0, 0.05) is 17.2 Å². The van der Waals surface area contributed by atoms with Crippen molar-refractivity contribution in [2.75, 3.05) is 0 Å². The fraction of sp³-hybridized carbons (Fsp3) is 0.550. The standard InChI is InChI=1S/C20H26N4O4/c1-11-7-13(3)19(14(4)8-11)28-18(25)10-17-21-20(23-22-17)15-6-5-12(2)16(9-15)24(26)27/h5-6,9,11,13-14,19H,7-8,10H2,1-4H3,(H,21,22,23). The summed E-state index contributed by atoms with van der Waals surface area (Å²) in [6, 6.07) is 4.82. The Kier molecular flexibility index (Phi) is 5.76. The van der Waals surface area contributed by atoms with E-state index in [2.05, 4.69) is 36.0 Å². The molecule has 0 saturated heterocycles. The number of carbonyl (C=O) groups is 1. The Morgan fingerprint density at radius 3 is 2.61 bits per heavy atom. The van der Waals surface area contributed by atoms with Crippen LogP contribution in [-0.2, 0) is 16.0 Å². The molecule has 1 aliphatic carbocycles. The van der Waals surface area contributed by atoms with E-state index in [4.69, 9.17) is 4.74 Å². The molecule has 1 aliphatic rings. The summed E-state index contributed by atoms with van der Waals surface area (Å²) in [5, 5.41) is 17.9. The summed E-state index contributed by atoms with van der Waals surface area (Å²) in [5.74, 6) is 1.68. The van der Waals surface area contributed by atoms with Gasteiger partial charge in [-0.1, -0.05) is 32.9 Å². The van der Waals surface area contributed by atoms with Crippen molar-refractivity contribution in [3.8, 4) is 11.4 Å². The molecule has 28 heavy (non-hydrogen) atoms. The van der Waals surface area contributed by atoms with Gasteiger partial charge in [-0.3, -0.25) is 20.0 Å². The first-order valence-electron chi connectivity index (χ1n) is 9.60. The second kappa shape index (κ2) is 8.08. The topological polar surface area (TPSA) is 111 Å². The van der Waals surface area contributed by atoms with Crippen molar-refractivity contribution in [3.05, 3.63) is 39.7 Å². The van der Waals surface area contributed by atoms with Gasteiger partial charge in [0.2, 0.25) is 0 Å². The molecule has 1 N–H and O–H groups in total. The largest absolute Gasteiger partial charge is 0.461 e. The van der Waals surface area contributed by atoms with Gasteiger partial charge in [-0.05, 0) is 37.5 Å². The summed E-state index contributed by atoms with van der Waals surface area (Å²) in [4.78, 5) is 27.4. The molecule has 1 heterocycles. The summed E-state index contributed by atoms with van der Waals surface area (Å²) in [7, 11) is 0. The molecule has 0 radical (unpaired) electrons. The Morgan fingerprint density at radius 1 is 1.29 bits per heavy atom. The van der Waals surface area contributed by atoms with Crippen LogP contribution >= 0.6 is 0 Å². The molecule has 0 bridgehead atoms. The number of nitrogens with zero attached hydrogens (tertiary/aromatic N) is 3. The summed E-state index contributed by atoms with van der Waals surface area (Å²) >= 11 is 0. The van der Waals surface area contributed by atoms with E-state index in [1.165, 1.54) is 6.07 Å². The Hall–Kier alpha value is -2.77. The van der Waals surface area contributed by atoms with Crippen molar-refractivity contribution < 1.29 is 14.5 Å². The molecular formula is C20H26N4O4. The molecule has 150 valence electrons. The Balaban J connectivity index is 1.67. The predicted octanol–water partition coefficient (Wildman–Crippen LogP) is 3.84. The Labute approximate surface area is 163 Å². The number of benzene rings is 1. The Morgan fingerprint density at radius 2 is 1.96 bits per heavy atom. The van der Waals surface area contributed by atoms with E-state index in [-0.39, 0.29) is 24.2 Å².